The molecule has 0 bridgehead atoms. The van der Waals surface area contributed by atoms with E-state index in [0.29, 0.717) is 11.8 Å². The predicted molar refractivity (Wildman–Crippen MR) is 66.7 cm³/mol. The molecule has 0 aromatic carbocycles. The van der Waals surface area contributed by atoms with Crippen molar-refractivity contribution >= 4 is 5.91 Å². The second kappa shape index (κ2) is 6.36. The number of piperidine rings is 1. The molecule has 0 radical (unpaired) electrons. The first-order chi connectivity index (χ1) is 8.25. The van der Waals surface area contributed by atoms with Crippen molar-refractivity contribution in [3.05, 3.63) is 0 Å². The first kappa shape index (κ1) is 12.8. The van der Waals surface area contributed by atoms with Gasteiger partial charge in [-0.1, -0.05) is 6.92 Å². The molecule has 2 aliphatic heterocycles. The van der Waals surface area contributed by atoms with Crippen LogP contribution < -0.4 is 10.6 Å². The average Bonchev–Trinajstić information content (AvgIpc) is 2.82. The van der Waals surface area contributed by atoms with Gasteiger partial charge in [0.25, 0.3) is 0 Å². The molecule has 0 aliphatic carbocycles. The molecule has 17 heavy (non-hydrogen) atoms. The molecule has 2 fully saturated rings. The number of amides is 1. The van der Waals surface area contributed by atoms with Crippen molar-refractivity contribution in [1.82, 2.24) is 10.6 Å². The third kappa shape index (κ3) is 3.96. The first-order valence-electron chi connectivity index (χ1n) is 6.84. The van der Waals surface area contributed by atoms with Crippen molar-refractivity contribution in [3.8, 4) is 0 Å². The fourth-order valence-electron chi connectivity index (χ4n) is 2.64. The van der Waals surface area contributed by atoms with Gasteiger partial charge in [0, 0.05) is 19.8 Å². The van der Waals surface area contributed by atoms with Crippen LogP contribution in [-0.4, -0.2) is 38.3 Å². The van der Waals surface area contributed by atoms with Crippen LogP contribution in [0.25, 0.3) is 0 Å². The summed E-state index contributed by atoms with van der Waals surface area (Å²) in [7, 11) is 0. The van der Waals surface area contributed by atoms with Gasteiger partial charge >= 0.3 is 0 Å². The SMILES string of the molecule is CC1CCNC(C(=O)NCCC2CCOC2)C1. The highest BCUT2D eigenvalue weighted by atomic mass is 16.5. The van der Waals surface area contributed by atoms with Crippen molar-refractivity contribution in [2.75, 3.05) is 26.3 Å². The summed E-state index contributed by atoms with van der Waals surface area (Å²) in [5, 5.41) is 6.33. The minimum absolute atomic E-state index is 0.0265. The largest absolute Gasteiger partial charge is 0.381 e. The molecule has 2 N–H and O–H groups in total. The summed E-state index contributed by atoms with van der Waals surface area (Å²) >= 11 is 0. The van der Waals surface area contributed by atoms with E-state index in [1.807, 2.05) is 0 Å². The van der Waals surface area contributed by atoms with Crippen LogP contribution in [0, 0.1) is 11.8 Å². The van der Waals surface area contributed by atoms with Crippen LogP contribution in [0.4, 0.5) is 0 Å². The highest BCUT2D eigenvalue weighted by Gasteiger charge is 2.24. The van der Waals surface area contributed by atoms with Gasteiger partial charge in [0.2, 0.25) is 5.91 Å². The van der Waals surface area contributed by atoms with Gasteiger partial charge in [0.1, 0.15) is 0 Å². The summed E-state index contributed by atoms with van der Waals surface area (Å²) in [6.07, 6.45) is 4.35. The van der Waals surface area contributed by atoms with E-state index in [-0.39, 0.29) is 11.9 Å². The molecule has 4 nitrogen and oxygen atoms in total. The topological polar surface area (TPSA) is 50.4 Å². The molecule has 0 aromatic heterocycles. The van der Waals surface area contributed by atoms with E-state index >= 15 is 0 Å². The fraction of sp³-hybridized carbons (Fsp3) is 0.923. The van der Waals surface area contributed by atoms with E-state index in [1.165, 1.54) is 6.42 Å². The van der Waals surface area contributed by atoms with E-state index in [2.05, 4.69) is 17.6 Å². The Hall–Kier alpha value is -0.610. The molecule has 3 unspecified atom stereocenters. The predicted octanol–water partition coefficient (Wildman–Crippen LogP) is 0.917. The normalized spacial score (nSPS) is 33.6. The number of hydrogen-bond acceptors (Lipinski definition) is 3. The molecule has 2 heterocycles. The molecule has 98 valence electrons. The molecule has 0 spiro atoms. The molecule has 1 amide bonds. The Labute approximate surface area is 103 Å². The van der Waals surface area contributed by atoms with Crippen molar-refractivity contribution in [2.24, 2.45) is 11.8 Å². The Morgan fingerprint density at radius 3 is 3.06 bits per heavy atom. The van der Waals surface area contributed by atoms with Crippen LogP contribution in [0.1, 0.15) is 32.6 Å². The van der Waals surface area contributed by atoms with Gasteiger partial charge in [0.05, 0.1) is 6.04 Å². The second-order valence-electron chi connectivity index (χ2n) is 5.45. The lowest BCUT2D eigenvalue weighted by atomic mass is 9.94. The van der Waals surface area contributed by atoms with Gasteiger partial charge in [0.15, 0.2) is 0 Å². The number of nitrogens with one attached hydrogen (secondary N) is 2. The molecule has 2 saturated heterocycles. The maximum Gasteiger partial charge on any atom is 0.237 e. The van der Waals surface area contributed by atoms with Crippen molar-refractivity contribution < 1.29 is 9.53 Å². The van der Waals surface area contributed by atoms with E-state index in [1.54, 1.807) is 0 Å². The molecular formula is C13H24N2O2. The van der Waals surface area contributed by atoms with Crippen molar-refractivity contribution in [3.63, 3.8) is 0 Å². The van der Waals surface area contributed by atoms with Crippen molar-refractivity contribution in [2.45, 2.75) is 38.6 Å². The van der Waals surface area contributed by atoms with Gasteiger partial charge in [-0.2, -0.15) is 0 Å². The fourth-order valence-corrected chi connectivity index (χ4v) is 2.64. The minimum Gasteiger partial charge on any atom is -0.381 e. The van der Waals surface area contributed by atoms with Crippen LogP contribution in [0.2, 0.25) is 0 Å². The maximum atomic E-state index is 11.9. The quantitative estimate of drug-likeness (QED) is 0.768. The molecule has 4 heteroatoms. The average molecular weight is 240 g/mol. The Kier molecular flexibility index (Phi) is 4.80. The molecular weight excluding hydrogens is 216 g/mol. The van der Waals surface area contributed by atoms with Gasteiger partial charge in [-0.3, -0.25) is 4.79 Å². The van der Waals surface area contributed by atoms with E-state index < -0.39 is 0 Å². The molecule has 2 rings (SSSR count). The Morgan fingerprint density at radius 1 is 1.47 bits per heavy atom. The summed E-state index contributed by atoms with van der Waals surface area (Å²) in [6, 6.07) is 0.0265. The Bertz CT molecular complexity index is 252. The van der Waals surface area contributed by atoms with Gasteiger partial charge in [-0.05, 0) is 44.1 Å². The van der Waals surface area contributed by atoms with Crippen molar-refractivity contribution in [1.29, 1.82) is 0 Å². The van der Waals surface area contributed by atoms with E-state index in [9.17, 15) is 4.79 Å². The van der Waals surface area contributed by atoms with Crippen LogP contribution in [0.5, 0.6) is 0 Å². The summed E-state index contributed by atoms with van der Waals surface area (Å²) in [5.74, 6) is 1.49. The summed E-state index contributed by atoms with van der Waals surface area (Å²) in [4.78, 5) is 11.9. The van der Waals surface area contributed by atoms with Crippen LogP contribution in [0.3, 0.4) is 0 Å². The zero-order chi connectivity index (χ0) is 12.1. The summed E-state index contributed by atoms with van der Waals surface area (Å²) in [5.41, 5.74) is 0. The lowest BCUT2D eigenvalue weighted by Gasteiger charge is -2.27. The molecule has 0 aromatic rings. The van der Waals surface area contributed by atoms with Crippen LogP contribution in [0.15, 0.2) is 0 Å². The van der Waals surface area contributed by atoms with E-state index in [4.69, 9.17) is 4.74 Å². The number of rotatable bonds is 4. The molecule has 0 saturated carbocycles. The third-order valence-corrected chi connectivity index (χ3v) is 3.86. The standard InChI is InChI=1S/C13H24N2O2/c1-10-2-5-14-12(8-10)13(16)15-6-3-11-4-7-17-9-11/h10-12,14H,2-9H2,1H3,(H,15,16). The van der Waals surface area contributed by atoms with Gasteiger partial charge in [-0.25, -0.2) is 0 Å². The highest BCUT2D eigenvalue weighted by Crippen LogP contribution is 2.16. The van der Waals surface area contributed by atoms with E-state index in [0.717, 1.165) is 45.6 Å². The second-order valence-corrected chi connectivity index (χ2v) is 5.45. The summed E-state index contributed by atoms with van der Waals surface area (Å²) in [6.45, 7) is 5.74. The smallest absolute Gasteiger partial charge is 0.237 e. The number of carbonyl (C=O) groups excluding carboxylic acids is 1. The number of ether oxygens (including phenoxy) is 1. The first-order valence-corrected chi connectivity index (χ1v) is 6.84. The maximum absolute atomic E-state index is 11.9. The lowest BCUT2D eigenvalue weighted by Crippen LogP contribution is -2.48. The number of carbonyl (C=O) groups is 1. The monoisotopic (exact) mass is 240 g/mol. The highest BCUT2D eigenvalue weighted by molar-refractivity contribution is 5.81. The lowest BCUT2D eigenvalue weighted by molar-refractivity contribution is -0.124. The Morgan fingerprint density at radius 2 is 2.35 bits per heavy atom. The summed E-state index contributed by atoms with van der Waals surface area (Å²) < 4.78 is 5.32. The van der Waals surface area contributed by atoms with Gasteiger partial charge in [-0.15, -0.1) is 0 Å². The zero-order valence-corrected chi connectivity index (χ0v) is 10.7. The number of hydrogen-bond donors (Lipinski definition) is 2. The van der Waals surface area contributed by atoms with Crippen LogP contribution >= 0.6 is 0 Å². The third-order valence-electron chi connectivity index (χ3n) is 3.86. The molecule has 2 aliphatic rings. The Balaban J connectivity index is 1.62. The minimum atomic E-state index is 0.0265. The van der Waals surface area contributed by atoms with Gasteiger partial charge < -0.3 is 15.4 Å². The molecule has 3 atom stereocenters. The van der Waals surface area contributed by atoms with Crippen LogP contribution in [-0.2, 0) is 9.53 Å². The zero-order valence-electron chi connectivity index (χ0n) is 10.7.